The maximum Gasteiger partial charge on any atom is 0.127 e. The first-order chi connectivity index (χ1) is 7.13. The molecular weight excluding hydrogens is 190 g/mol. The van der Waals surface area contributed by atoms with E-state index in [-0.39, 0.29) is 0 Å². The van der Waals surface area contributed by atoms with E-state index in [1.54, 1.807) is 14.2 Å². The lowest BCUT2D eigenvalue weighted by molar-refractivity contribution is 0.389. The van der Waals surface area contributed by atoms with E-state index in [4.69, 9.17) is 9.47 Å². The number of nitrogens with zero attached hydrogens (tertiary/aromatic N) is 1. The van der Waals surface area contributed by atoms with Crippen molar-refractivity contribution in [1.29, 1.82) is 0 Å². The minimum absolute atomic E-state index is 0.865. The molecule has 1 aromatic rings. The summed E-state index contributed by atoms with van der Waals surface area (Å²) in [6.45, 7) is 5.06. The highest BCUT2D eigenvalue weighted by Gasteiger charge is 2.09. The van der Waals surface area contributed by atoms with Gasteiger partial charge < -0.3 is 14.4 Å². The van der Waals surface area contributed by atoms with Gasteiger partial charge in [0.15, 0.2) is 0 Å². The fourth-order valence-corrected chi connectivity index (χ4v) is 1.48. The van der Waals surface area contributed by atoms with Crippen LogP contribution in [0, 0.1) is 6.92 Å². The highest BCUT2D eigenvalue weighted by Crippen LogP contribution is 2.33. The smallest absolute Gasteiger partial charge is 0.127 e. The summed E-state index contributed by atoms with van der Waals surface area (Å²) in [7, 11) is 5.40. The lowest BCUT2D eigenvalue weighted by atomic mass is 10.1. The summed E-state index contributed by atoms with van der Waals surface area (Å²) in [5.41, 5.74) is 2.14. The number of hydrogen-bond acceptors (Lipinski definition) is 3. The summed E-state index contributed by atoms with van der Waals surface area (Å²) < 4.78 is 10.6. The zero-order chi connectivity index (χ0) is 11.4. The maximum absolute atomic E-state index is 5.32. The van der Waals surface area contributed by atoms with Crippen LogP contribution in [0.2, 0.25) is 0 Å². The van der Waals surface area contributed by atoms with Crippen LogP contribution in [0.3, 0.4) is 0 Å². The van der Waals surface area contributed by atoms with Gasteiger partial charge in [-0.25, -0.2) is 0 Å². The van der Waals surface area contributed by atoms with E-state index in [0.29, 0.717) is 0 Å². The predicted octanol–water partition coefficient (Wildman–Crippen LogP) is 2.47. The number of rotatable bonds is 4. The molecule has 1 aromatic carbocycles. The molecule has 0 spiro atoms. The number of hydrogen-bond donors (Lipinski definition) is 0. The average Bonchev–Trinajstić information content (AvgIpc) is 2.28. The van der Waals surface area contributed by atoms with Gasteiger partial charge in [-0.15, -0.1) is 0 Å². The number of anilines is 1. The van der Waals surface area contributed by atoms with Gasteiger partial charge in [-0.3, -0.25) is 0 Å². The summed E-state index contributed by atoms with van der Waals surface area (Å²) in [4.78, 5) is 2.14. The third kappa shape index (κ3) is 2.35. The molecule has 84 valence electrons. The van der Waals surface area contributed by atoms with Crippen molar-refractivity contribution < 1.29 is 9.47 Å². The minimum atomic E-state index is 0.865. The van der Waals surface area contributed by atoms with Crippen LogP contribution in [-0.2, 0) is 0 Å². The monoisotopic (exact) mass is 209 g/mol. The fourth-order valence-electron chi connectivity index (χ4n) is 1.48. The SMILES string of the molecule is CCN(C)c1cc(OC)c(C)c(OC)c1. The largest absolute Gasteiger partial charge is 0.496 e. The van der Waals surface area contributed by atoms with Crippen LogP contribution >= 0.6 is 0 Å². The molecule has 1 rings (SSSR count). The quantitative estimate of drug-likeness (QED) is 0.760. The van der Waals surface area contributed by atoms with Crippen molar-refractivity contribution in [3.8, 4) is 11.5 Å². The number of benzene rings is 1. The van der Waals surface area contributed by atoms with E-state index in [1.165, 1.54) is 0 Å². The Labute approximate surface area is 91.6 Å². The third-order valence-corrected chi connectivity index (χ3v) is 2.65. The molecule has 0 bridgehead atoms. The molecule has 0 radical (unpaired) electrons. The Morgan fingerprint density at radius 2 is 1.60 bits per heavy atom. The molecule has 0 atom stereocenters. The molecule has 3 heteroatoms. The molecule has 0 saturated carbocycles. The van der Waals surface area contributed by atoms with E-state index in [1.807, 2.05) is 26.1 Å². The van der Waals surface area contributed by atoms with E-state index in [9.17, 15) is 0 Å². The second-order valence-corrected chi connectivity index (χ2v) is 3.49. The molecule has 0 aliphatic rings. The second kappa shape index (κ2) is 4.91. The maximum atomic E-state index is 5.32. The van der Waals surface area contributed by atoms with Gasteiger partial charge in [0.1, 0.15) is 11.5 Å². The first kappa shape index (κ1) is 11.7. The van der Waals surface area contributed by atoms with Crippen molar-refractivity contribution in [2.24, 2.45) is 0 Å². The van der Waals surface area contributed by atoms with Gasteiger partial charge in [0.2, 0.25) is 0 Å². The molecule has 0 heterocycles. The van der Waals surface area contributed by atoms with Crippen LogP contribution in [-0.4, -0.2) is 27.8 Å². The van der Waals surface area contributed by atoms with Crippen LogP contribution in [0.15, 0.2) is 12.1 Å². The lowest BCUT2D eigenvalue weighted by Gasteiger charge is -2.20. The highest BCUT2D eigenvalue weighted by atomic mass is 16.5. The summed E-state index contributed by atoms with van der Waals surface area (Å²) in [6, 6.07) is 4.06. The molecule has 15 heavy (non-hydrogen) atoms. The van der Waals surface area contributed by atoms with Crippen molar-refractivity contribution in [2.75, 3.05) is 32.7 Å². The zero-order valence-corrected chi connectivity index (χ0v) is 10.1. The molecular formula is C12H19NO2. The van der Waals surface area contributed by atoms with E-state index >= 15 is 0 Å². The fraction of sp³-hybridized carbons (Fsp3) is 0.500. The van der Waals surface area contributed by atoms with Gasteiger partial charge in [-0.05, 0) is 13.8 Å². The molecule has 0 amide bonds. The van der Waals surface area contributed by atoms with Crippen molar-refractivity contribution in [3.63, 3.8) is 0 Å². The Kier molecular flexibility index (Phi) is 3.83. The molecule has 0 fully saturated rings. The highest BCUT2D eigenvalue weighted by molar-refractivity contribution is 5.59. The van der Waals surface area contributed by atoms with Crippen molar-refractivity contribution in [2.45, 2.75) is 13.8 Å². The first-order valence-corrected chi connectivity index (χ1v) is 5.07. The number of ether oxygens (including phenoxy) is 2. The second-order valence-electron chi connectivity index (χ2n) is 3.49. The Morgan fingerprint density at radius 3 is 1.93 bits per heavy atom. The molecule has 3 nitrogen and oxygen atoms in total. The van der Waals surface area contributed by atoms with Crippen molar-refractivity contribution in [3.05, 3.63) is 17.7 Å². The van der Waals surface area contributed by atoms with Gasteiger partial charge in [0.05, 0.1) is 14.2 Å². The standard InChI is InChI=1S/C12H19NO2/c1-6-13(3)10-7-11(14-4)9(2)12(8-10)15-5/h7-8H,6H2,1-5H3. The molecule has 0 aliphatic carbocycles. The normalized spacial score (nSPS) is 9.93. The number of methoxy groups -OCH3 is 2. The van der Waals surface area contributed by atoms with E-state index in [0.717, 1.165) is 29.3 Å². The Hall–Kier alpha value is -1.38. The van der Waals surface area contributed by atoms with Crippen molar-refractivity contribution >= 4 is 5.69 Å². The van der Waals surface area contributed by atoms with E-state index in [2.05, 4.69) is 11.8 Å². The first-order valence-electron chi connectivity index (χ1n) is 5.07. The van der Waals surface area contributed by atoms with Crippen LogP contribution in [0.4, 0.5) is 5.69 Å². The van der Waals surface area contributed by atoms with Gasteiger partial charge in [0, 0.05) is 37.0 Å². The van der Waals surface area contributed by atoms with Gasteiger partial charge in [-0.2, -0.15) is 0 Å². The summed E-state index contributed by atoms with van der Waals surface area (Å²) >= 11 is 0. The topological polar surface area (TPSA) is 21.7 Å². The van der Waals surface area contributed by atoms with Gasteiger partial charge in [0.25, 0.3) is 0 Å². The van der Waals surface area contributed by atoms with Crippen LogP contribution in [0.1, 0.15) is 12.5 Å². The summed E-state index contributed by atoms with van der Waals surface area (Å²) in [6.07, 6.45) is 0. The zero-order valence-electron chi connectivity index (χ0n) is 10.1. The van der Waals surface area contributed by atoms with Gasteiger partial charge >= 0.3 is 0 Å². The van der Waals surface area contributed by atoms with Gasteiger partial charge in [-0.1, -0.05) is 0 Å². The molecule has 0 N–H and O–H groups in total. The van der Waals surface area contributed by atoms with Crippen LogP contribution in [0.5, 0.6) is 11.5 Å². The van der Waals surface area contributed by atoms with Crippen molar-refractivity contribution in [1.82, 2.24) is 0 Å². The Balaban J connectivity index is 3.20. The molecule has 0 aromatic heterocycles. The third-order valence-electron chi connectivity index (χ3n) is 2.65. The Morgan fingerprint density at radius 1 is 1.13 bits per heavy atom. The minimum Gasteiger partial charge on any atom is -0.496 e. The average molecular weight is 209 g/mol. The summed E-state index contributed by atoms with van der Waals surface area (Å²) in [5.74, 6) is 1.73. The molecule has 0 aliphatic heterocycles. The summed E-state index contributed by atoms with van der Waals surface area (Å²) in [5, 5.41) is 0. The molecule has 0 unspecified atom stereocenters. The predicted molar refractivity (Wildman–Crippen MR) is 63.2 cm³/mol. The van der Waals surface area contributed by atoms with Crippen LogP contribution < -0.4 is 14.4 Å². The Bertz CT molecular complexity index is 311. The lowest BCUT2D eigenvalue weighted by Crippen LogP contribution is -2.16. The van der Waals surface area contributed by atoms with E-state index < -0.39 is 0 Å². The van der Waals surface area contributed by atoms with Crippen LogP contribution in [0.25, 0.3) is 0 Å². The molecule has 0 saturated heterocycles.